The first kappa shape index (κ1) is 14.6. The Hall–Kier alpha value is -0.760. The summed E-state index contributed by atoms with van der Waals surface area (Å²) in [4.78, 5) is 8.73. The van der Waals surface area contributed by atoms with E-state index in [1.165, 1.54) is 12.1 Å². The van der Waals surface area contributed by atoms with Crippen LogP contribution in [-0.4, -0.2) is 9.97 Å². The molecular formula is C13H12BrFIN3. The molecule has 0 unspecified atom stereocenters. The van der Waals surface area contributed by atoms with Crippen LogP contribution in [0.3, 0.4) is 0 Å². The Morgan fingerprint density at radius 1 is 1.32 bits per heavy atom. The van der Waals surface area contributed by atoms with Crippen molar-refractivity contribution < 1.29 is 4.39 Å². The van der Waals surface area contributed by atoms with Gasteiger partial charge in [-0.2, -0.15) is 0 Å². The number of nitrogens with two attached hydrogens (primary N) is 1. The maximum absolute atomic E-state index is 13.4. The van der Waals surface area contributed by atoms with E-state index in [1.54, 1.807) is 6.07 Å². The van der Waals surface area contributed by atoms with E-state index in [2.05, 4.69) is 55.4 Å². The first-order valence-corrected chi connectivity index (χ1v) is 7.66. The van der Waals surface area contributed by atoms with Gasteiger partial charge in [-0.1, -0.05) is 29.3 Å². The van der Waals surface area contributed by atoms with Crippen molar-refractivity contribution in [2.24, 2.45) is 0 Å². The van der Waals surface area contributed by atoms with Gasteiger partial charge in [0.25, 0.3) is 0 Å². The van der Waals surface area contributed by atoms with E-state index in [1.807, 2.05) is 0 Å². The van der Waals surface area contributed by atoms with Crippen molar-refractivity contribution in [1.29, 1.82) is 0 Å². The van der Waals surface area contributed by atoms with Crippen molar-refractivity contribution in [3.63, 3.8) is 0 Å². The second-order valence-electron chi connectivity index (χ2n) is 4.10. The van der Waals surface area contributed by atoms with Crippen molar-refractivity contribution in [3.8, 4) is 11.4 Å². The third-order valence-corrected chi connectivity index (χ3v) is 4.19. The molecule has 2 rings (SSSR count). The smallest absolute Gasteiger partial charge is 0.161 e. The fraction of sp³-hybridized carbons (Fsp3) is 0.231. The zero-order valence-corrected chi connectivity index (χ0v) is 14.0. The van der Waals surface area contributed by atoms with Crippen LogP contribution in [0.25, 0.3) is 11.4 Å². The van der Waals surface area contributed by atoms with Gasteiger partial charge in [0.1, 0.15) is 11.6 Å². The van der Waals surface area contributed by atoms with Crippen molar-refractivity contribution in [2.75, 3.05) is 5.73 Å². The number of nitrogen functional groups attached to an aromatic ring is 1. The average molecular weight is 436 g/mol. The predicted octanol–water partition coefficient (Wildman–Crippen LogP) is 4.18. The van der Waals surface area contributed by atoms with Crippen molar-refractivity contribution in [3.05, 3.63) is 37.8 Å². The number of hydrogen-bond donors (Lipinski definition) is 1. The summed E-state index contributed by atoms with van der Waals surface area (Å²) in [5.74, 6) is 0.568. The van der Waals surface area contributed by atoms with E-state index in [0.29, 0.717) is 21.7 Å². The van der Waals surface area contributed by atoms with Crippen LogP contribution in [0.2, 0.25) is 0 Å². The topological polar surface area (TPSA) is 51.8 Å². The standard InChI is InChI=1S/C13H12BrFIN3/c1-2-3-10-11(16)12(17)19-13(18-10)7-4-8(14)6-9(15)5-7/h4-6H,2-3H2,1H3,(H2,17,18,19). The number of anilines is 1. The number of hydrogen-bond acceptors (Lipinski definition) is 3. The normalized spacial score (nSPS) is 10.7. The van der Waals surface area contributed by atoms with E-state index in [4.69, 9.17) is 5.73 Å². The van der Waals surface area contributed by atoms with Crippen LogP contribution < -0.4 is 5.73 Å². The Morgan fingerprint density at radius 2 is 2.05 bits per heavy atom. The molecule has 0 spiro atoms. The van der Waals surface area contributed by atoms with Crippen molar-refractivity contribution in [1.82, 2.24) is 9.97 Å². The van der Waals surface area contributed by atoms with E-state index >= 15 is 0 Å². The van der Waals surface area contributed by atoms with Crippen LogP contribution in [0.5, 0.6) is 0 Å². The Balaban J connectivity index is 2.55. The number of nitrogens with zero attached hydrogens (tertiary/aromatic N) is 2. The molecule has 0 fully saturated rings. The lowest BCUT2D eigenvalue weighted by Gasteiger charge is -2.09. The number of rotatable bonds is 3. The Bertz CT molecular complexity index is 599. The van der Waals surface area contributed by atoms with E-state index in [9.17, 15) is 4.39 Å². The first-order valence-electron chi connectivity index (χ1n) is 5.79. The number of benzene rings is 1. The fourth-order valence-electron chi connectivity index (χ4n) is 1.73. The summed E-state index contributed by atoms with van der Waals surface area (Å²) < 4.78 is 15.0. The maximum Gasteiger partial charge on any atom is 0.161 e. The van der Waals surface area contributed by atoms with Gasteiger partial charge in [0.05, 0.1) is 9.26 Å². The van der Waals surface area contributed by atoms with Crippen LogP contribution in [0.15, 0.2) is 22.7 Å². The molecule has 1 aromatic carbocycles. The largest absolute Gasteiger partial charge is 0.383 e. The molecule has 2 aromatic rings. The zero-order valence-electron chi connectivity index (χ0n) is 10.3. The molecule has 100 valence electrons. The summed E-state index contributed by atoms with van der Waals surface area (Å²) in [5.41, 5.74) is 7.43. The molecule has 6 heteroatoms. The van der Waals surface area contributed by atoms with Crippen LogP contribution in [0.4, 0.5) is 10.2 Å². The lowest BCUT2D eigenvalue weighted by molar-refractivity contribution is 0.627. The molecule has 0 radical (unpaired) electrons. The molecule has 19 heavy (non-hydrogen) atoms. The zero-order chi connectivity index (χ0) is 14.0. The van der Waals surface area contributed by atoms with E-state index in [0.717, 1.165) is 22.1 Å². The highest BCUT2D eigenvalue weighted by Crippen LogP contribution is 2.26. The Kier molecular flexibility index (Phi) is 4.72. The Labute approximate surface area is 133 Å². The van der Waals surface area contributed by atoms with Crippen LogP contribution in [0, 0.1) is 9.39 Å². The van der Waals surface area contributed by atoms with E-state index in [-0.39, 0.29) is 5.82 Å². The van der Waals surface area contributed by atoms with Gasteiger partial charge in [-0.05, 0) is 47.2 Å². The van der Waals surface area contributed by atoms with Gasteiger partial charge < -0.3 is 5.73 Å². The van der Waals surface area contributed by atoms with Crippen LogP contribution >= 0.6 is 38.5 Å². The number of halogens is 3. The molecule has 2 N–H and O–H groups in total. The minimum Gasteiger partial charge on any atom is -0.383 e. The molecule has 1 heterocycles. The summed E-state index contributed by atoms with van der Waals surface area (Å²) >= 11 is 5.41. The minimum atomic E-state index is -0.331. The van der Waals surface area contributed by atoms with E-state index < -0.39 is 0 Å². The molecule has 0 atom stereocenters. The quantitative estimate of drug-likeness (QED) is 0.735. The summed E-state index contributed by atoms with van der Waals surface area (Å²) in [6.07, 6.45) is 1.80. The SMILES string of the molecule is CCCc1nc(-c2cc(F)cc(Br)c2)nc(N)c1I. The second-order valence-corrected chi connectivity index (χ2v) is 6.10. The van der Waals surface area contributed by atoms with Gasteiger partial charge in [-0.15, -0.1) is 0 Å². The molecular weight excluding hydrogens is 424 g/mol. The van der Waals surface area contributed by atoms with Gasteiger partial charge in [0.15, 0.2) is 5.82 Å². The van der Waals surface area contributed by atoms with Gasteiger partial charge in [-0.25, -0.2) is 14.4 Å². The molecule has 0 aliphatic heterocycles. The van der Waals surface area contributed by atoms with Crippen molar-refractivity contribution in [2.45, 2.75) is 19.8 Å². The molecule has 0 saturated carbocycles. The minimum absolute atomic E-state index is 0.331. The monoisotopic (exact) mass is 435 g/mol. The molecule has 0 aliphatic carbocycles. The molecule has 3 nitrogen and oxygen atoms in total. The third kappa shape index (κ3) is 3.42. The lowest BCUT2D eigenvalue weighted by Crippen LogP contribution is -2.05. The fourth-order valence-corrected chi connectivity index (χ4v) is 2.70. The van der Waals surface area contributed by atoms with Crippen LogP contribution in [-0.2, 0) is 6.42 Å². The maximum atomic E-state index is 13.4. The summed E-state index contributed by atoms with van der Waals surface area (Å²) in [7, 11) is 0. The predicted molar refractivity (Wildman–Crippen MR) is 86.3 cm³/mol. The molecule has 0 bridgehead atoms. The molecule has 0 amide bonds. The molecule has 0 saturated heterocycles. The lowest BCUT2D eigenvalue weighted by atomic mass is 10.2. The summed E-state index contributed by atoms with van der Waals surface area (Å²) in [6, 6.07) is 4.58. The van der Waals surface area contributed by atoms with Gasteiger partial charge >= 0.3 is 0 Å². The number of aryl methyl sites for hydroxylation is 1. The summed E-state index contributed by atoms with van der Waals surface area (Å²) in [6.45, 7) is 2.08. The second kappa shape index (κ2) is 6.13. The van der Waals surface area contributed by atoms with Crippen molar-refractivity contribution >= 4 is 44.3 Å². The summed E-state index contributed by atoms with van der Waals surface area (Å²) in [5, 5.41) is 0. The van der Waals surface area contributed by atoms with Crippen LogP contribution in [0.1, 0.15) is 19.0 Å². The average Bonchev–Trinajstić information content (AvgIpc) is 2.33. The number of aromatic nitrogens is 2. The van der Waals surface area contributed by atoms with Gasteiger partial charge in [-0.3, -0.25) is 0 Å². The third-order valence-electron chi connectivity index (χ3n) is 2.55. The first-order chi connectivity index (χ1) is 9.01. The van der Waals surface area contributed by atoms with Gasteiger partial charge in [0, 0.05) is 10.0 Å². The van der Waals surface area contributed by atoms with Gasteiger partial charge in [0.2, 0.25) is 0 Å². The highest BCUT2D eigenvalue weighted by Gasteiger charge is 2.12. The molecule has 0 aliphatic rings. The highest BCUT2D eigenvalue weighted by molar-refractivity contribution is 14.1. The highest BCUT2D eigenvalue weighted by atomic mass is 127. The molecule has 1 aromatic heterocycles. The Morgan fingerprint density at radius 3 is 2.68 bits per heavy atom.